The summed E-state index contributed by atoms with van der Waals surface area (Å²) in [5, 5.41) is 0.732. The van der Waals surface area contributed by atoms with E-state index in [0.717, 1.165) is 10.9 Å². The van der Waals surface area contributed by atoms with Gasteiger partial charge in [0.15, 0.2) is 0 Å². The van der Waals surface area contributed by atoms with Gasteiger partial charge in [-0.2, -0.15) is 0 Å². The molecule has 3 rings (SSSR count). The van der Waals surface area contributed by atoms with E-state index in [0.29, 0.717) is 16.8 Å². The SMILES string of the molecule is Cc1cc(=O)oc2cc(NS(=O)(=O)Cc3ccc(F)cc3)ccc12. The Morgan fingerprint density at radius 2 is 1.79 bits per heavy atom. The van der Waals surface area contributed by atoms with Gasteiger partial charge >= 0.3 is 5.63 Å². The number of sulfonamides is 1. The van der Waals surface area contributed by atoms with Gasteiger partial charge in [-0.25, -0.2) is 17.6 Å². The van der Waals surface area contributed by atoms with E-state index in [1.807, 2.05) is 0 Å². The number of nitrogens with one attached hydrogen (secondary N) is 1. The van der Waals surface area contributed by atoms with Gasteiger partial charge in [-0.1, -0.05) is 12.1 Å². The predicted octanol–water partition coefficient (Wildman–Crippen LogP) is 3.18. The zero-order valence-electron chi connectivity index (χ0n) is 12.7. The van der Waals surface area contributed by atoms with Crippen molar-refractivity contribution in [2.75, 3.05) is 4.72 Å². The number of anilines is 1. The molecule has 1 N–H and O–H groups in total. The Labute approximate surface area is 137 Å². The average molecular weight is 347 g/mol. The molecule has 0 amide bonds. The highest BCUT2D eigenvalue weighted by Gasteiger charge is 2.13. The molecular weight excluding hydrogens is 333 g/mol. The highest BCUT2D eigenvalue weighted by molar-refractivity contribution is 7.91. The van der Waals surface area contributed by atoms with E-state index in [9.17, 15) is 17.6 Å². The maximum atomic E-state index is 12.9. The lowest BCUT2D eigenvalue weighted by atomic mass is 10.1. The number of fused-ring (bicyclic) bond motifs is 1. The predicted molar refractivity (Wildman–Crippen MR) is 89.9 cm³/mol. The zero-order valence-corrected chi connectivity index (χ0v) is 13.6. The summed E-state index contributed by atoms with van der Waals surface area (Å²) in [5.41, 5.74) is 1.32. The third-order valence-corrected chi connectivity index (χ3v) is 4.75. The minimum atomic E-state index is -3.68. The van der Waals surface area contributed by atoms with E-state index in [4.69, 9.17) is 4.42 Å². The smallest absolute Gasteiger partial charge is 0.336 e. The zero-order chi connectivity index (χ0) is 17.3. The standard InChI is InChI=1S/C17H14FNO4S/c1-11-8-17(20)23-16-9-14(6-7-15(11)16)19-24(21,22)10-12-2-4-13(18)5-3-12/h2-9,19H,10H2,1H3. The monoisotopic (exact) mass is 347 g/mol. The maximum absolute atomic E-state index is 12.9. The number of aryl methyl sites for hydroxylation is 1. The van der Waals surface area contributed by atoms with Crippen molar-refractivity contribution in [3.8, 4) is 0 Å². The second kappa shape index (κ2) is 6.09. The minimum Gasteiger partial charge on any atom is -0.423 e. The molecule has 1 aromatic heterocycles. The second-order valence-corrected chi connectivity index (χ2v) is 7.17. The quantitative estimate of drug-likeness (QED) is 0.736. The van der Waals surface area contributed by atoms with Crippen molar-refractivity contribution in [3.05, 3.63) is 75.9 Å². The summed E-state index contributed by atoms with van der Waals surface area (Å²) in [4.78, 5) is 11.4. The fraction of sp³-hybridized carbons (Fsp3) is 0.118. The van der Waals surface area contributed by atoms with Gasteiger partial charge in [-0.15, -0.1) is 0 Å². The summed E-state index contributed by atoms with van der Waals surface area (Å²) < 4.78 is 44.9. The van der Waals surface area contributed by atoms with Crippen LogP contribution in [-0.2, 0) is 15.8 Å². The highest BCUT2D eigenvalue weighted by Crippen LogP contribution is 2.22. The van der Waals surface area contributed by atoms with Gasteiger partial charge in [0.1, 0.15) is 11.4 Å². The summed E-state index contributed by atoms with van der Waals surface area (Å²) in [5.74, 6) is -0.715. The number of rotatable bonds is 4. The number of hydrogen-bond acceptors (Lipinski definition) is 4. The fourth-order valence-corrected chi connectivity index (χ4v) is 3.59. The normalized spacial score (nSPS) is 11.6. The summed E-state index contributed by atoms with van der Waals surface area (Å²) in [7, 11) is -3.68. The van der Waals surface area contributed by atoms with Crippen LogP contribution in [0.15, 0.2) is 57.7 Å². The van der Waals surface area contributed by atoms with Crippen LogP contribution in [0.5, 0.6) is 0 Å². The van der Waals surface area contributed by atoms with Gasteiger partial charge in [0.25, 0.3) is 0 Å². The Morgan fingerprint density at radius 1 is 1.08 bits per heavy atom. The molecule has 2 aromatic carbocycles. The number of halogens is 1. The van der Waals surface area contributed by atoms with E-state index in [1.165, 1.54) is 36.4 Å². The van der Waals surface area contributed by atoms with Crippen molar-refractivity contribution in [1.82, 2.24) is 0 Å². The van der Waals surface area contributed by atoms with Gasteiger partial charge in [-0.3, -0.25) is 4.72 Å². The molecule has 0 aliphatic heterocycles. The summed E-state index contributed by atoms with van der Waals surface area (Å²) in [6.07, 6.45) is 0. The van der Waals surface area contributed by atoms with Gasteiger partial charge in [0.2, 0.25) is 10.0 Å². The molecule has 7 heteroatoms. The highest BCUT2D eigenvalue weighted by atomic mass is 32.2. The summed E-state index contributed by atoms with van der Waals surface area (Å²) in [6.45, 7) is 1.78. The Balaban J connectivity index is 1.88. The van der Waals surface area contributed by atoms with Crippen LogP contribution >= 0.6 is 0 Å². The first-order valence-electron chi connectivity index (χ1n) is 7.12. The molecule has 0 fully saturated rings. The Kier molecular flexibility index (Phi) is 4.11. The van der Waals surface area contributed by atoms with Crippen molar-refractivity contribution in [2.45, 2.75) is 12.7 Å². The molecule has 0 saturated heterocycles. The van der Waals surface area contributed by atoms with Crippen molar-refractivity contribution >= 4 is 26.7 Å². The Hall–Kier alpha value is -2.67. The lowest BCUT2D eigenvalue weighted by Crippen LogP contribution is -2.15. The van der Waals surface area contributed by atoms with E-state index in [1.54, 1.807) is 19.1 Å². The third-order valence-electron chi connectivity index (χ3n) is 3.49. The van der Waals surface area contributed by atoms with E-state index in [-0.39, 0.29) is 5.75 Å². The van der Waals surface area contributed by atoms with Crippen LogP contribution in [0, 0.1) is 12.7 Å². The molecule has 0 spiro atoms. The Bertz CT molecular complexity index is 1060. The molecule has 0 radical (unpaired) electrons. The lowest BCUT2D eigenvalue weighted by molar-refractivity contribution is 0.560. The van der Waals surface area contributed by atoms with E-state index in [2.05, 4.69) is 4.72 Å². The number of hydrogen-bond donors (Lipinski definition) is 1. The first kappa shape index (κ1) is 16.2. The molecule has 0 aliphatic rings. The largest absolute Gasteiger partial charge is 0.423 e. The molecule has 0 bridgehead atoms. The molecule has 24 heavy (non-hydrogen) atoms. The van der Waals surface area contributed by atoms with Crippen LogP contribution in [0.2, 0.25) is 0 Å². The van der Waals surface area contributed by atoms with Crippen molar-refractivity contribution in [3.63, 3.8) is 0 Å². The molecule has 3 aromatic rings. The molecule has 5 nitrogen and oxygen atoms in total. The maximum Gasteiger partial charge on any atom is 0.336 e. The van der Waals surface area contributed by atoms with Gasteiger partial charge in [0.05, 0.1) is 11.4 Å². The van der Waals surface area contributed by atoms with E-state index < -0.39 is 21.5 Å². The van der Waals surface area contributed by atoms with Crippen LogP contribution in [-0.4, -0.2) is 8.42 Å². The fourth-order valence-electron chi connectivity index (χ4n) is 2.40. The van der Waals surface area contributed by atoms with Crippen LogP contribution in [0.1, 0.15) is 11.1 Å². The van der Waals surface area contributed by atoms with Gasteiger partial charge in [-0.05, 0) is 42.3 Å². The second-order valence-electron chi connectivity index (χ2n) is 5.45. The summed E-state index contributed by atoms with van der Waals surface area (Å²) >= 11 is 0. The molecule has 0 aliphatic carbocycles. The molecular formula is C17H14FNO4S. The molecule has 124 valence electrons. The summed E-state index contributed by atoms with van der Waals surface area (Å²) in [6, 6.07) is 11.4. The average Bonchev–Trinajstić information content (AvgIpc) is 2.48. The van der Waals surface area contributed by atoms with Crippen LogP contribution in [0.4, 0.5) is 10.1 Å². The topological polar surface area (TPSA) is 76.4 Å². The first-order valence-corrected chi connectivity index (χ1v) is 8.77. The van der Waals surface area contributed by atoms with Gasteiger partial charge in [0, 0.05) is 17.5 Å². The van der Waals surface area contributed by atoms with Crippen molar-refractivity contribution in [2.24, 2.45) is 0 Å². The molecule has 0 unspecified atom stereocenters. The van der Waals surface area contributed by atoms with Crippen molar-refractivity contribution in [1.29, 1.82) is 0 Å². The van der Waals surface area contributed by atoms with Crippen LogP contribution in [0.3, 0.4) is 0 Å². The van der Waals surface area contributed by atoms with Crippen molar-refractivity contribution < 1.29 is 17.2 Å². The third kappa shape index (κ3) is 3.62. The van der Waals surface area contributed by atoms with Gasteiger partial charge < -0.3 is 4.42 Å². The minimum absolute atomic E-state index is 0.289. The lowest BCUT2D eigenvalue weighted by Gasteiger charge is -2.09. The van der Waals surface area contributed by atoms with Crippen LogP contribution < -0.4 is 10.3 Å². The molecule has 1 heterocycles. The molecule has 0 saturated carbocycles. The number of benzene rings is 2. The first-order chi connectivity index (χ1) is 11.3. The molecule has 0 atom stereocenters. The van der Waals surface area contributed by atoms with Crippen LogP contribution in [0.25, 0.3) is 11.0 Å². The van der Waals surface area contributed by atoms with E-state index >= 15 is 0 Å². The Morgan fingerprint density at radius 3 is 2.50 bits per heavy atom.